The first-order valence-corrected chi connectivity index (χ1v) is 18.0. The lowest BCUT2D eigenvalue weighted by Crippen LogP contribution is -2.45. The molecule has 0 radical (unpaired) electrons. The number of phosphoric acid groups is 2. The maximum Gasteiger partial charge on any atom is 0.481 e. The minimum Gasteiger partial charge on any atom is -0.387 e. The van der Waals surface area contributed by atoms with Crippen molar-refractivity contribution in [2.24, 2.45) is 0 Å². The van der Waals surface area contributed by atoms with Crippen LogP contribution >= 0.6 is 15.6 Å². The van der Waals surface area contributed by atoms with E-state index >= 15 is 0 Å². The molecule has 0 aliphatic carbocycles. The number of anilines is 1. The van der Waals surface area contributed by atoms with Gasteiger partial charge in [-0.3, -0.25) is 23.8 Å². The van der Waals surface area contributed by atoms with E-state index in [1.54, 1.807) is 30.6 Å². The van der Waals surface area contributed by atoms with Crippen molar-refractivity contribution >= 4 is 32.6 Å². The Kier molecular flexibility index (Phi) is 9.39. The zero-order valence-electron chi connectivity index (χ0n) is 25.9. The monoisotopic (exact) mass is 753 g/mol. The number of H-pyrrole nitrogens is 2. The molecule has 3 aromatic heterocycles. The topological polar surface area (TPSA) is 324 Å². The fourth-order valence-electron chi connectivity index (χ4n) is 5.90. The lowest BCUT2D eigenvalue weighted by molar-refractivity contribution is -0.745. The zero-order valence-corrected chi connectivity index (χ0v) is 27.7. The summed E-state index contributed by atoms with van der Waals surface area (Å²) < 4.78 is 53.0. The van der Waals surface area contributed by atoms with E-state index in [1.165, 1.54) is 34.2 Å². The molecule has 7 heterocycles. The number of fused-ring (bicyclic) bond motifs is 2. The number of nitrogens with one attached hydrogen (secondary N) is 2. The minimum atomic E-state index is -5.40. The number of aromatic nitrogens is 7. The molecule has 4 aliphatic rings. The smallest absolute Gasteiger partial charge is 0.387 e. The fraction of sp³-hybridized carbons (Fsp3) is 0.370. The van der Waals surface area contributed by atoms with E-state index < -0.39 is 83.5 Å². The standard InChI is InChI=1S/C27H30N8O14P2/c28-23-18-24(31-10-30-23)35(11-32-18)27-22(39)20(37)16(48-27)9-46-51(43,44)49-50(41,42)45-8-15-19(36)21(38)26(47-15)34-6-3-13-14(7-34)25(40)33-17(13)12-1-4-29-5-2-12/h1-7,10-11,15-16,19-22,26-27,36-39H,8-9H2,(H5,28,30,31,33,40,41,42,43,44)/p+1/t15-,16-,19-,20-,21-,22-,26-,27-/m1/s1. The van der Waals surface area contributed by atoms with Gasteiger partial charge in [-0.05, 0) is 18.2 Å². The van der Waals surface area contributed by atoms with Gasteiger partial charge in [-0.1, -0.05) is 4.98 Å². The Bertz CT molecular complexity index is 2170. The Morgan fingerprint density at radius 1 is 0.922 bits per heavy atom. The Morgan fingerprint density at radius 2 is 1.59 bits per heavy atom. The van der Waals surface area contributed by atoms with Crippen LogP contribution in [0.25, 0.3) is 33.5 Å². The van der Waals surface area contributed by atoms with Crippen molar-refractivity contribution in [3.05, 3.63) is 66.0 Å². The van der Waals surface area contributed by atoms with Crippen LogP contribution in [0.5, 0.6) is 0 Å². The summed E-state index contributed by atoms with van der Waals surface area (Å²) in [5, 5.41) is 42.4. The van der Waals surface area contributed by atoms with Gasteiger partial charge in [-0.15, -0.1) is 0 Å². The lowest BCUT2D eigenvalue weighted by atomic mass is 10.0. The maximum absolute atomic E-state index is 12.7. The molecule has 0 spiro atoms. The molecule has 2 fully saturated rings. The number of nitrogen functional groups attached to an aromatic ring is 1. The fourth-order valence-corrected chi connectivity index (χ4v) is 7.99. The predicted octanol–water partition coefficient (Wildman–Crippen LogP) is -1.33. The predicted molar refractivity (Wildman–Crippen MR) is 168 cm³/mol. The van der Waals surface area contributed by atoms with E-state index in [9.17, 15) is 44.1 Å². The average molecular weight is 754 g/mol. The second-order valence-corrected chi connectivity index (χ2v) is 14.7. The number of pyridine rings is 2. The van der Waals surface area contributed by atoms with Crippen LogP contribution in [-0.2, 0) is 32.0 Å². The zero-order chi connectivity index (χ0) is 36.2. The minimum absolute atomic E-state index is 0.106. The SMILES string of the molecule is Nc1ncnc2c1[nH]c[n+]2[C@@H]1O[C@H](COP(=O)(O)OP(=O)(O)OC[C@H]2O[C@@H](n3ccc4c(-c5ccncc5)[nH]c(=O)c-4c3)[C@H](O)[C@@H]2O)[C@@H](O)[C@H]1O. The third-order valence-corrected chi connectivity index (χ3v) is 11.0. The number of aliphatic hydroxyl groups is 4. The summed E-state index contributed by atoms with van der Waals surface area (Å²) in [6.07, 6.45) is -3.30. The van der Waals surface area contributed by atoms with Crippen molar-refractivity contribution < 1.29 is 66.7 Å². The summed E-state index contributed by atoms with van der Waals surface area (Å²) in [5.41, 5.74) is 8.00. The summed E-state index contributed by atoms with van der Waals surface area (Å²) in [6, 6.07) is 5.04. The highest BCUT2D eigenvalue weighted by molar-refractivity contribution is 7.61. The highest BCUT2D eigenvalue weighted by Crippen LogP contribution is 2.60. The van der Waals surface area contributed by atoms with Crippen molar-refractivity contribution in [2.45, 2.75) is 49.1 Å². The van der Waals surface area contributed by atoms with Crippen LogP contribution in [0.15, 0.2) is 60.4 Å². The molecule has 22 nitrogen and oxygen atoms in total. The van der Waals surface area contributed by atoms with Crippen LogP contribution < -0.4 is 15.9 Å². The number of phosphoric ester groups is 2. The van der Waals surface area contributed by atoms with Gasteiger partial charge in [0, 0.05) is 35.9 Å². The van der Waals surface area contributed by atoms with Gasteiger partial charge in [-0.2, -0.15) is 9.29 Å². The van der Waals surface area contributed by atoms with Gasteiger partial charge in [0.05, 0.1) is 24.5 Å². The first-order chi connectivity index (χ1) is 24.2. The van der Waals surface area contributed by atoms with E-state index in [0.717, 1.165) is 0 Å². The summed E-state index contributed by atoms with van der Waals surface area (Å²) >= 11 is 0. The first-order valence-electron chi connectivity index (χ1n) is 15.0. The second kappa shape index (κ2) is 13.5. The number of aliphatic hydroxyl groups excluding tert-OH is 4. The van der Waals surface area contributed by atoms with E-state index in [2.05, 4.69) is 29.2 Å². The Morgan fingerprint density at radius 3 is 2.29 bits per heavy atom. The molecule has 7 rings (SSSR count). The lowest BCUT2D eigenvalue weighted by Gasteiger charge is -2.21. The van der Waals surface area contributed by atoms with E-state index in [4.69, 9.17) is 24.3 Å². The third kappa shape index (κ3) is 6.86. The van der Waals surface area contributed by atoms with Crippen LogP contribution in [0.4, 0.5) is 5.82 Å². The highest BCUT2D eigenvalue weighted by Gasteiger charge is 2.49. The molecule has 0 bridgehead atoms. The van der Waals surface area contributed by atoms with E-state index in [1.807, 2.05) is 0 Å². The molecule has 51 heavy (non-hydrogen) atoms. The number of hydrogen-bond donors (Lipinski definition) is 9. The number of hydrogen-bond acceptors (Lipinski definition) is 16. The highest BCUT2D eigenvalue weighted by atomic mass is 31.3. The Balaban J connectivity index is 0.955. The number of nitrogens with two attached hydrogens (primary N) is 1. The summed E-state index contributed by atoms with van der Waals surface area (Å²) in [6.45, 7) is -1.79. The number of aromatic amines is 2. The number of ether oxygens (including phenoxy) is 2. The average Bonchev–Trinajstić information content (AvgIpc) is 3.83. The van der Waals surface area contributed by atoms with Crippen molar-refractivity contribution in [3.63, 3.8) is 0 Å². The molecule has 4 aliphatic heterocycles. The molecule has 2 unspecified atom stereocenters. The third-order valence-electron chi connectivity index (χ3n) is 8.40. The van der Waals surface area contributed by atoms with Crippen LogP contribution in [-0.4, -0.2) is 110 Å². The van der Waals surface area contributed by atoms with Crippen molar-refractivity contribution in [1.82, 2.24) is 29.5 Å². The molecule has 0 amide bonds. The van der Waals surface area contributed by atoms with Crippen LogP contribution in [0.1, 0.15) is 12.5 Å². The van der Waals surface area contributed by atoms with Crippen LogP contribution in [0, 0.1) is 0 Å². The number of nitrogens with zero attached hydrogens (tertiary/aromatic N) is 5. The van der Waals surface area contributed by atoms with Gasteiger partial charge in [0.1, 0.15) is 36.6 Å². The summed E-state index contributed by atoms with van der Waals surface area (Å²) in [7, 11) is -10.8. The molecule has 10 N–H and O–H groups in total. The van der Waals surface area contributed by atoms with Gasteiger partial charge < -0.3 is 55.0 Å². The quantitative estimate of drug-likeness (QED) is 0.0557. The molecular formula is C27H31N8O14P2+. The van der Waals surface area contributed by atoms with Gasteiger partial charge in [0.25, 0.3) is 5.56 Å². The molecule has 0 aromatic carbocycles. The largest absolute Gasteiger partial charge is 0.481 e. The summed E-state index contributed by atoms with van der Waals surface area (Å²) in [4.78, 5) is 50.5. The summed E-state index contributed by atoms with van der Waals surface area (Å²) in [5.74, 6) is 0.106. The van der Waals surface area contributed by atoms with Gasteiger partial charge in [-0.25, -0.2) is 13.7 Å². The van der Waals surface area contributed by atoms with Crippen molar-refractivity contribution in [3.8, 4) is 22.4 Å². The normalized spacial score (nSPS) is 29.1. The van der Waals surface area contributed by atoms with Gasteiger partial charge in [0.15, 0.2) is 24.7 Å². The maximum atomic E-state index is 12.7. The number of imidazole rings is 1. The second-order valence-electron chi connectivity index (χ2n) is 11.6. The van der Waals surface area contributed by atoms with Crippen molar-refractivity contribution in [2.75, 3.05) is 18.9 Å². The molecule has 272 valence electrons. The van der Waals surface area contributed by atoms with Crippen molar-refractivity contribution in [1.29, 1.82) is 0 Å². The molecule has 2 saturated heterocycles. The molecule has 24 heteroatoms. The molecular weight excluding hydrogens is 722 g/mol. The van der Waals surface area contributed by atoms with Crippen LogP contribution in [0.3, 0.4) is 0 Å². The molecule has 0 saturated carbocycles. The van der Waals surface area contributed by atoms with E-state index in [-0.39, 0.29) is 17.0 Å². The molecule has 3 aromatic rings. The van der Waals surface area contributed by atoms with Crippen LogP contribution in [0.2, 0.25) is 0 Å². The number of rotatable bonds is 11. The first kappa shape index (κ1) is 35.4. The van der Waals surface area contributed by atoms with E-state index in [0.29, 0.717) is 22.3 Å². The van der Waals surface area contributed by atoms with Gasteiger partial charge >= 0.3 is 21.3 Å². The van der Waals surface area contributed by atoms with Gasteiger partial charge in [0.2, 0.25) is 11.7 Å². The Labute approximate surface area is 285 Å². The molecule has 10 atom stereocenters. The Hall–Kier alpha value is -3.99.